The van der Waals surface area contributed by atoms with Gasteiger partial charge >= 0.3 is 5.97 Å². The van der Waals surface area contributed by atoms with Crippen LogP contribution < -0.4 is 4.74 Å². The second-order valence-corrected chi connectivity index (χ2v) is 9.68. The van der Waals surface area contributed by atoms with E-state index in [2.05, 4.69) is 19.1 Å². The average Bonchev–Trinajstić information content (AvgIpc) is 2.90. The van der Waals surface area contributed by atoms with E-state index < -0.39 is 18.8 Å². The number of carbonyl (C=O) groups excluding carboxylic acids is 1. The average molecular weight is 519 g/mol. The molecule has 0 heterocycles. The van der Waals surface area contributed by atoms with Gasteiger partial charge in [-0.1, -0.05) is 88.7 Å². The van der Waals surface area contributed by atoms with E-state index in [1.54, 1.807) is 24.3 Å². The molecule has 1 rings (SSSR count). The Labute approximate surface area is 224 Å². The van der Waals surface area contributed by atoms with Gasteiger partial charge in [-0.25, -0.2) is 0 Å². The van der Waals surface area contributed by atoms with Crippen LogP contribution in [-0.4, -0.2) is 47.2 Å². The number of aliphatic hydroxyl groups excluding tert-OH is 2. The fraction of sp³-hybridized carbons (Fsp3) is 0.645. The third-order valence-corrected chi connectivity index (χ3v) is 6.43. The van der Waals surface area contributed by atoms with Gasteiger partial charge in [0.2, 0.25) is 0 Å². The van der Waals surface area contributed by atoms with Crippen molar-refractivity contribution in [3.8, 4) is 11.5 Å². The molecule has 0 fully saturated rings. The van der Waals surface area contributed by atoms with Gasteiger partial charge < -0.3 is 24.8 Å². The van der Waals surface area contributed by atoms with Crippen molar-refractivity contribution in [1.29, 1.82) is 0 Å². The van der Waals surface area contributed by atoms with E-state index in [0.717, 1.165) is 37.7 Å². The van der Waals surface area contributed by atoms with E-state index in [1.807, 2.05) is 0 Å². The number of rotatable bonds is 22. The number of phenolic OH excluding ortho intramolecular Hbond substituents is 1. The van der Waals surface area contributed by atoms with Crippen molar-refractivity contribution in [2.45, 2.75) is 115 Å². The molecule has 1 aromatic carbocycles. The minimum absolute atomic E-state index is 0.0539. The van der Waals surface area contributed by atoms with Crippen molar-refractivity contribution in [2.75, 3.05) is 13.7 Å². The van der Waals surface area contributed by atoms with Crippen molar-refractivity contribution in [3.63, 3.8) is 0 Å². The molecule has 0 radical (unpaired) electrons. The van der Waals surface area contributed by atoms with Crippen molar-refractivity contribution < 1.29 is 29.6 Å². The number of unbranched alkanes of at least 4 members (excludes halogenated alkanes) is 11. The molecule has 0 aromatic heterocycles. The molecule has 0 amide bonds. The third kappa shape index (κ3) is 16.2. The highest BCUT2D eigenvalue weighted by molar-refractivity contribution is 5.69. The Kier molecular flexibility index (Phi) is 19.2. The fourth-order valence-corrected chi connectivity index (χ4v) is 4.10. The summed E-state index contributed by atoms with van der Waals surface area (Å²) in [5.41, 5.74) is 0.795. The van der Waals surface area contributed by atoms with Gasteiger partial charge in [0.05, 0.1) is 19.8 Å². The van der Waals surface area contributed by atoms with Gasteiger partial charge in [0.1, 0.15) is 0 Å². The lowest BCUT2D eigenvalue weighted by Crippen LogP contribution is -2.34. The van der Waals surface area contributed by atoms with Crippen molar-refractivity contribution in [2.24, 2.45) is 0 Å². The van der Waals surface area contributed by atoms with Gasteiger partial charge in [-0.3, -0.25) is 4.79 Å². The van der Waals surface area contributed by atoms with Gasteiger partial charge in [0.15, 0.2) is 17.6 Å². The predicted octanol–water partition coefficient (Wildman–Crippen LogP) is 7.11. The maximum absolute atomic E-state index is 12.1. The lowest BCUT2D eigenvalue weighted by atomic mass is 10.1. The van der Waals surface area contributed by atoms with Crippen LogP contribution in [0.15, 0.2) is 36.4 Å². The first-order valence-corrected chi connectivity index (χ1v) is 14.2. The Morgan fingerprint density at radius 2 is 1.54 bits per heavy atom. The smallest absolute Gasteiger partial charge is 0.306 e. The van der Waals surface area contributed by atoms with E-state index in [0.29, 0.717) is 12.2 Å². The van der Waals surface area contributed by atoms with Gasteiger partial charge in [0.25, 0.3) is 0 Å². The number of aromatic hydroxyl groups is 1. The fourth-order valence-electron chi connectivity index (χ4n) is 4.10. The number of ether oxygens (including phenoxy) is 2. The van der Waals surface area contributed by atoms with Gasteiger partial charge in [-0.2, -0.15) is 0 Å². The SMILES string of the molecule is CCCCCCCC/C=C\CCCCCCCC(=O)OC(CO)C(O)CC=Cc1ccc(O)c(OC)c1. The highest BCUT2D eigenvalue weighted by atomic mass is 16.6. The van der Waals surface area contributed by atoms with Crippen molar-refractivity contribution in [1.82, 2.24) is 0 Å². The predicted molar refractivity (Wildman–Crippen MR) is 151 cm³/mol. The minimum Gasteiger partial charge on any atom is -0.504 e. The Morgan fingerprint density at radius 3 is 2.16 bits per heavy atom. The summed E-state index contributed by atoms with van der Waals surface area (Å²) in [4.78, 5) is 12.1. The second kappa shape index (κ2) is 21.7. The summed E-state index contributed by atoms with van der Waals surface area (Å²) in [5.74, 6) is 0.0293. The van der Waals surface area contributed by atoms with Crippen LogP contribution in [0.25, 0.3) is 6.08 Å². The molecule has 0 spiro atoms. The first kappa shape index (κ1) is 32.7. The summed E-state index contributed by atoms with van der Waals surface area (Å²) < 4.78 is 10.4. The standard InChI is InChI=1S/C31H50O6/c1-3-4-5-6-7-8-9-10-11-12-13-14-15-16-17-21-31(35)37-30(25-32)27(33)20-18-19-26-22-23-28(34)29(24-26)36-2/h10-11,18-19,22-24,27,30,32-34H,3-9,12-17,20-21,25H2,1-2H3/b11-10-,19-18?. The lowest BCUT2D eigenvalue weighted by molar-refractivity contribution is -0.158. The Hall–Kier alpha value is -2.31. The molecule has 0 saturated heterocycles. The molecule has 0 aliphatic rings. The topological polar surface area (TPSA) is 96.2 Å². The number of methoxy groups -OCH3 is 1. The van der Waals surface area contributed by atoms with Gasteiger partial charge in [-0.15, -0.1) is 0 Å². The molecule has 210 valence electrons. The molecule has 1 aromatic rings. The van der Waals surface area contributed by atoms with Crippen LogP contribution in [0.5, 0.6) is 11.5 Å². The molecule has 2 atom stereocenters. The number of hydrogen-bond acceptors (Lipinski definition) is 6. The van der Waals surface area contributed by atoms with Crippen molar-refractivity contribution >= 4 is 12.0 Å². The Balaban J connectivity index is 2.11. The highest BCUT2D eigenvalue weighted by Crippen LogP contribution is 2.26. The van der Waals surface area contributed by atoms with Gasteiger partial charge in [-0.05, 0) is 56.2 Å². The quantitative estimate of drug-likeness (QED) is 0.0860. The number of aliphatic hydroxyl groups is 2. The largest absolute Gasteiger partial charge is 0.504 e. The van der Waals surface area contributed by atoms with E-state index in [4.69, 9.17) is 9.47 Å². The zero-order chi connectivity index (χ0) is 27.1. The van der Waals surface area contributed by atoms with Crippen LogP contribution in [0, 0.1) is 0 Å². The minimum atomic E-state index is -1.00. The van der Waals surface area contributed by atoms with E-state index in [1.165, 1.54) is 64.5 Å². The van der Waals surface area contributed by atoms with Crippen molar-refractivity contribution in [3.05, 3.63) is 42.0 Å². The summed E-state index contributed by atoms with van der Waals surface area (Å²) >= 11 is 0. The molecular weight excluding hydrogens is 468 g/mol. The lowest BCUT2D eigenvalue weighted by Gasteiger charge is -2.20. The second-order valence-electron chi connectivity index (χ2n) is 9.68. The molecule has 37 heavy (non-hydrogen) atoms. The number of esters is 1. The molecule has 0 saturated carbocycles. The Bertz CT molecular complexity index is 773. The number of benzene rings is 1. The molecular formula is C31H50O6. The summed E-state index contributed by atoms with van der Waals surface area (Å²) in [6.07, 6.45) is 22.2. The molecule has 2 unspecified atom stereocenters. The number of allylic oxidation sites excluding steroid dienone is 2. The van der Waals surface area contributed by atoms with Gasteiger partial charge in [0, 0.05) is 6.42 Å². The van der Waals surface area contributed by atoms with Crippen LogP contribution in [0.2, 0.25) is 0 Å². The molecule has 0 bridgehead atoms. The zero-order valence-corrected chi connectivity index (χ0v) is 23.1. The van der Waals surface area contributed by atoms with E-state index >= 15 is 0 Å². The summed E-state index contributed by atoms with van der Waals surface area (Å²) in [6.45, 7) is 1.82. The van der Waals surface area contributed by atoms with E-state index in [-0.39, 0.29) is 18.1 Å². The third-order valence-electron chi connectivity index (χ3n) is 6.43. The number of carbonyl (C=O) groups is 1. The highest BCUT2D eigenvalue weighted by Gasteiger charge is 2.21. The molecule has 3 N–H and O–H groups in total. The normalized spacial score (nSPS) is 13.3. The molecule has 6 nitrogen and oxygen atoms in total. The first-order chi connectivity index (χ1) is 18.0. The van der Waals surface area contributed by atoms with E-state index in [9.17, 15) is 20.1 Å². The van der Waals surface area contributed by atoms with Crippen LogP contribution in [-0.2, 0) is 9.53 Å². The van der Waals surface area contributed by atoms with Crippen LogP contribution >= 0.6 is 0 Å². The first-order valence-electron chi connectivity index (χ1n) is 14.2. The van der Waals surface area contributed by atoms with Crippen LogP contribution in [0.3, 0.4) is 0 Å². The zero-order valence-electron chi connectivity index (χ0n) is 23.1. The number of phenols is 1. The van der Waals surface area contributed by atoms with Crippen LogP contribution in [0.1, 0.15) is 109 Å². The monoisotopic (exact) mass is 518 g/mol. The molecule has 0 aliphatic heterocycles. The summed E-state index contributed by atoms with van der Waals surface area (Å²) in [5, 5.41) is 29.5. The maximum Gasteiger partial charge on any atom is 0.306 e. The summed E-state index contributed by atoms with van der Waals surface area (Å²) in [7, 11) is 1.48. The Morgan fingerprint density at radius 1 is 0.919 bits per heavy atom. The number of hydrogen-bond donors (Lipinski definition) is 3. The maximum atomic E-state index is 12.1. The molecule has 6 heteroatoms. The molecule has 0 aliphatic carbocycles. The van der Waals surface area contributed by atoms with Crippen LogP contribution in [0.4, 0.5) is 0 Å². The summed E-state index contributed by atoms with van der Waals surface area (Å²) in [6, 6.07) is 4.93.